The number of hydrogen-bond acceptors (Lipinski definition) is 0. The van der Waals surface area contributed by atoms with Crippen molar-refractivity contribution in [1.29, 1.82) is 0 Å². The maximum atomic E-state index is 12.6. The number of aryl methyl sites for hydroxylation is 1. The van der Waals surface area contributed by atoms with Crippen LogP contribution in [-0.2, 0) is 7.05 Å². The van der Waals surface area contributed by atoms with Gasteiger partial charge < -0.3 is 4.57 Å². The number of aromatic nitrogens is 1. The van der Waals surface area contributed by atoms with Crippen LogP contribution < -0.4 is 0 Å². The van der Waals surface area contributed by atoms with E-state index in [1.807, 2.05) is 12.1 Å². The van der Waals surface area contributed by atoms with Gasteiger partial charge in [-0.25, -0.2) is 8.78 Å². The molecule has 1 aromatic heterocycles. The molecule has 0 unspecified atom stereocenters. The Labute approximate surface area is 88.5 Å². The molecule has 0 saturated carbocycles. The van der Waals surface area contributed by atoms with E-state index in [4.69, 9.17) is 0 Å². The predicted molar refractivity (Wildman–Crippen MR) is 55.6 cm³/mol. The Morgan fingerprint density at radius 1 is 1.36 bits per heavy atom. The molecular formula is C10H8BrF2N. The van der Waals surface area contributed by atoms with E-state index in [0.717, 1.165) is 9.99 Å². The third kappa shape index (κ3) is 1.43. The zero-order valence-corrected chi connectivity index (χ0v) is 9.05. The van der Waals surface area contributed by atoms with Crippen LogP contribution in [0.2, 0.25) is 0 Å². The van der Waals surface area contributed by atoms with Crippen LogP contribution in [0.25, 0.3) is 10.9 Å². The molecule has 0 radical (unpaired) electrons. The Kier molecular flexibility index (Phi) is 2.31. The van der Waals surface area contributed by atoms with Crippen molar-refractivity contribution < 1.29 is 8.78 Å². The molecule has 74 valence electrons. The van der Waals surface area contributed by atoms with E-state index in [0.29, 0.717) is 5.39 Å². The average molecular weight is 260 g/mol. The monoisotopic (exact) mass is 259 g/mol. The van der Waals surface area contributed by atoms with Gasteiger partial charge in [-0.1, -0.05) is 15.9 Å². The fourth-order valence-corrected chi connectivity index (χ4v) is 1.93. The molecule has 0 aliphatic rings. The molecule has 0 fully saturated rings. The van der Waals surface area contributed by atoms with Gasteiger partial charge in [-0.15, -0.1) is 0 Å². The Morgan fingerprint density at radius 3 is 2.71 bits per heavy atom. The molecule has 1 heterocycles. The standard InChI is InChI=1S/C10H8BrF2N/c1-14-5-8(10(12)13)7-4-6(11)2-3-9(7)14/h2-5,10H,1H3. The highest BCUT2D eigenvalue weighted by Crippen LogP contribution is 2.30. The van der Waals surface area contributed by atoms with Gasteiger partial charge in [0.2, 0.25) is 0 Å². The summed E-state index contributed by atoms with van der Waals surface area (Å²) in [5, 5.41) is 0.608. The van der Waals surface area contributed by atoms with Crippen LogP contribution >= 0.6 is 15.9 Å². The molecule has 0 aliphatic heterocycles. The highest BCUT2D eigenvalue weighted by Gasteiger charge is 2.14. The highest BCUT2D eigenvalue weighted by atomic mass is 79.9. The molecule has 2 aromatic rings. The number of rotatable bonds is 1. The molecule has 0 atom stereocenters. The molecule has 1 nitrogen and oxygen atoms in total. The van der Waals surface area contributed by atoms with E-state index in [9.17, 15) is 8.78 Å². The van der Waals surface area contributed by atoms with Gasteiger partial charge in [0.25, 0.3) is 6.43 Å². The summed E-state index contributed by atoms with van der Waals surface area (Å²) in [6.07, 6.45) is -0.949. The highest BCUT2D eigenvalue weighted by molar-refractivity contribution is 9.10. The summed E-state index contributed by atoms with van der Waals surface area (Å²) >= 11 is 3.27. The second-order valence-corrected chi connectivity index (χ2v) is 4.07. The maximum Gasteiger partial charge on any atom is 0.265 e. The Balaban J connectivity index is 2.79. The second kappa shape index (κ2) is 3.35. The topological polar surface area (TPSA) is 4.93 Å². The van der Waals surface area contributed by atoms with Gasteiger partial charge >= 0.3 is 0 Å². The first-order valence-electron chi connectivity index (χ1n) is 4.12. The first-order valence-corrected chi connectivity index (χ1v) is 4.91. The number of hydrogen-bond donors (Lipinski definition) is 0. The largest absolute Gasteiger partial charge is 0.350 e. The first-order chi connectivity index (χ1) is 6.59. The van der Waals surface area contributed by atoms with Crippen molar-refractivity contribution >= 4 is 26.8 Å². The lowest BCUT2D eigenvalue weighted by Crippen LogP contribution is -1.82. The number of nitrogens with zero attached hydrogens (tertiary/aromatic N) is 1. The van der Waals surface area contributed by atoms with Crippen molar-refractivity contribution in [2.45, 2.75) is 6.43 Å². The van der Waals surface area contributed by atoms with Crippen molar-refractivity contribution in [2.75, 3.05) is 0 Å². The van der Waals surface area contributed by atoms with Crippen LogP contribution in [-0.4, -0.2) is 4.57 Å². The van der Waals surface area contributed by atoms with Gasteiger partial charge in [-0.05, 0) is 18.2 Å². The number of alkyl halides is 2. The van der Waals surface area contributed by atoms with Gasteiger partial charge in [0.1, 0.15) is 0 Å². The summed E-state index contributed by atoms with van der Waals surface area (Å²) in [5.74, 6) is 0. The van der Waals surface area contributed by atoms with Crippen molar-refractivity contribution in [2.24, 2.45) is 7.05 Å². The summed E-state index contributed by atoms with van der Waals surface area (Å²) in [6.45, 7) is 0. The van der Waals surface area contributed by atoms with Crippen LogP contribution in [0.15, 0.2) is 28.9 Å². The van der Waals surface area contributed by atoms with Gasteiger partial charge in [0.15, 0.2) is 0 Å². The van der Waals surface area contributed by atoms with Crippen LogP contribution in [0.5, 0.6) is 0 Å². The molecule has 0 N–H and O–H groups in total. The first kappa shape index (κ1) is 9.65. The Hall–Kier alpha value is -0.900. The molecule has 14 heavy (non-hydrogen) atoms. The Morgan fingerprint density at radius 2 is 2.07 bits per heavy atom. The van der Waals surface area contributed by atoms with E-state index in [2.05, 4.69) is 15.9 Å². The zero-order chi connectivity index (χ0) is 10.3. The van der Waals surface area contributed by atoms with Gasteiger partial charge in [-0.2, -0.15) is 0 Å². The van der Waals surface area contributed by atoms with Crippen LogP contribution in [0.3, 0.4) is 0 Å². The van der Waals surface area contributed by atoms with Crippen molar-refractivity contribution in [1.82, 2.24) is 4.57 Å². The van der Waals surface area contributed by atoms with Crippen molar-refractivity contribution in [3.05, 3.63) is 34.4 Å². The number of halogens is 3. The zero-order valence-electron chi connectivity index (χ0n) is 7.47. The smallest absolute Gasteiger partial charge is 0.265 e. The lowest BCUT2D eigenvalue weighted by molar-refractivity contribution is 0.153. The van der Waals surface area contributed by atoms with Crippen LogP contribution in [0.4, 0.5) is 8.78 Å². The minimum atomic E-state index is -2.42. The summed E-state index contributed by atoms with van der Waals surface area (Å²) in [6, 6.07) is 5.39. The van der Waals surface area contributed by atoms with Crippen molar-refractivity contribution in [3.8, 4) is 0 Å². The van der Waals surface area contributed by atoms with Crippen LogP contribution in [0, 0.1) is 0 Å². The van der Waals surface area contributed by atoms with Gasteiger partial charge in [0.05, 0.1) is 0 Å². The second-order valence-electron chi connectivity index (χ2n) is 3.16. The third-order valence-electron chi connectivity index (χ3n) is 2.22. The molecule has 0 saturated heterocycles. The summed E-state index contributed by atoms with van der Waals surface area (Å²) in [4.78, 5) is 0. The van der Waals surface area contributed by atoms with Crippen molar-refractivity contribution in [3.63, 3.8) is 0 Å². The quantitative estimate of drug-likeness (QED) is 0.733. The predicted octanol–water partition coefficient (Wildman–Crippen LogP) is 3.88. The molecule has 0 spiro atoms. The number of benzene rings is 1. The molecule has 1 aromatic carbocycles. The third-order valence-corrected chi connectivity index (χ3v) is 2.71. The molecule has 0 bridgehead atoms. The van der Waals surface area contributed by atoms with E-state index in [1.54, 1.807) is 17.7 Å². The van der Waals surface area contributed by atoms with Gasteiger partial charge in [-0.3, -0.25) is 0 Å². The lowest BCUT2D eigenvalue weighted by atomic mass is 10.2. The normalized spacial score (nSPS) is 11.5. The summed E-state index contributed by atoms with van der Waals surface area (Å²) < 4.78 is 27.8. The van der Waals surface area contributed by atoms with E-state index in [-0.39, 0.29) is 5.56 Å². The maximum absolute atomic E-state index is 12.6. The minimum Gasteiger partial charge on any atom is -0.350 e. The molecular weight excluding hydrogens is 252 g/mol. The summed E-state index contributed by atoms with van der Waals surface area (Å²) in [7, 11) is 1.77. The van der Waals surface area contributed by atoms with Gasteiger partial charge in [0, 0.05) is 34.2 Å². The average Bonchev–Trinajstić information content (AvgIpc) is 2.43. The lowest BCUT2D eigenvalue weighted by Gasteiger charge is -1.97. The molecule has 0 amide bonds. The van der Waals surface area contributed by atoms with E-state index < -0.39 is 6.43 Å². The fourth-order valence-electron chi connectivity index (χ4n) is 1.57. The fraction of sp³-hybridized carbons (Fsp3) is 0.200. The molecule has 2 rings (SSSR count). The summed E-state index contributed by atoms with van der Waals surface area (Å²) in [5.41, 5.74) is 0.910. The number of fused-ring (bicyclic) bond motifs is 1. The Bertz CT molecular complexity index is 476. The SMILES string of the molecule is Cn1cc(C(F)F)c2cc(Br)ccc21. The molecule has 0 aliphatic carbocycles. The van der Waals surface area contributed by atoms with E-state index >= 15 is 0 Å². The van der Waals surface area contributed by atoms with E-state index in [1.165, 1.54) is 6.20 Å². The minimum absolute atomic E-state index is 0.0869. The van der Waals surface area contributed by atoms with Crippen LogP contribution in [0.1, 0.15) is 12.0 Å². The molecule has 4 heteroatoms.